The highest BCUT2D eigenvalue weighted by Crippen LogP contribution is 2.47. The van der Waals surface area contributed by atoms with Crippen LogP contribution in [0.2, 0.25) is 0 Å². The van der Waals surface area contributed by atoms with Crippen LogP contribution < -0.4 is 4.90 Å². The van der Waals surface area contributed by atoms with Gasteiger partial charge in [-0.25, -0.2) is 0 Å². The van der Waals surface area contributed by atoms with E-state index in [1.165, 1.54) is 54.4 Å². The Morgan fingerprint density at radius 2 is 0.977 bits per heavy atom. The van der Waals surface area contributed by atoms with Gasteiger partial charge in [-0.2, -0.15) is 0 Å². The molecule has 43 heavy (non-hydrogen) atoms. The molecule has 4 heterocycles. The predicted molar refractivity (Wildman–Crippen MR) is 180 cm³/mol. The second-order valence-corrected chi connectivity index (χ2v) is 11.3. The van der Waals surface area contributed by atoms with E-state index < -0.39 is 0 Å². The summed E-state index contributed by atoms with van der Waals surface area (Å²) in [5, 5.41) is 7.67. The van der Waals surface area contributed by atoms with Gasteiger partial charge in [-0.3, -0.25) is 4.98 Å². The Hall–Kier alpha value is -5.87. The number of benzene rings is 6. The maximum absolute atomic E-state index is 4.62. The molecule has 10 aromatic rings. The maximum Gasteiger partial charge on any atom is 0.0889 e. The molecule has 4 nitrogen and oxygen atoms in total. The predicted octanol–water partition coefficient (Wildman–Crippen LogP) is 10.3. The zero-order valence-electron chi connectivity index (χ0n) is 23.1. The summed E-state index contributed by atoms with van der Waals surface area (Å²) >= 11 is 0. The van der Waals surface area contributed by atoms with Crippen molar-refractivity contribution in [1.29, 1.82) is 0 Å². The number of nitrogens with zero attached hydrogens (tertiary/aromatic N) is 4. The van der Waals surface area contributed by atoms with Crippen LogP contribution in [0.5, 0.6) is 0 Å². The smallest absolute Gasteiger partial charge is 0.0889 e. The summed E-state index contributed by atoms with van der Waals surface area (Å²) < 4.78 is 4.91. The monoisotopic (exact) mass is 548 g/mol. The SMILES string of the molecule is c1ccc(N(c2ccccc2)c2ccc3c4c5ccccc5c5c6ccccc6n6c7cnccc7n(c3c2)c4c56)cc1. The molecule has 6 aromatic carbocycles. The lowest BCUT2D eigenvalue weighted by molar-refractivity contribution is 1.22. The molecule has 0 atom stereocenters. The van der Waals surface area contributed by atoms with Gasteiger partial charge < -0.3 is 13.7 Å². The summed E-state index contributed by atoms with van der Waals surface area (Å²) in [4.78, 5) is 6.96. The highest BCUT2D eigenvalue weighted by Gasteiger charge is 2.25. The Balaban J connectivity index is 1.45. The molecule has 10 rings (SSSR count). The second-order valence-electron chi connectivity index (χ2n) is 11.3. The van der Waals surface area contributed by atoms with Crippen LogP contribution in [0.4, 0.5) is 17.1 Å². The fourth-order valence-electron chi connectivity index (χ4n) is 7.41. The van der Waals surface area contributed by atoms with E-state index in [1.54, 1.807) is 0 Å². The lowest BCUT2D eigenvalue weighted by Gasteiger charge is -2.25. The molecule has 4 heteroatoms. The van der Waals surface area contributed by atoms with Crippen LogP contribution in [0, 0.1) is 0 Å². The zero-order valence-corrected chi connectivity index (χ0v) is 23.1. The number of aromatic nitrogens is 3. The molecule has 0 fully saturated rings. The Kier molecular flexibility index (Phi) is 4.42. The first-order valence-corrected chi connectivity index (χ1v) is 14.7. The molecule has 4 aromatic heterocycles. The van der Waals surface area contributed by atoms with E-state index in [-0.39, 0.29) is 0 Å². The normalized spacial score (nSPS) is 12.2. The van der Waals surface area contributed by atoms with Gasteiger partial charge in [0.1, 0.15) is 0 Å². The van der Waals surface area contributed by atoms with Crippen LogP contribution in [0.3, 0.4) is 0 Å². The molecule has 0 aliphatic heterocycles. The molecule has 0 spiro atoms. The average Bonchev–Trinajstić information content (AvgIpc) is 3.60. The van der Waals surface area contributed by atoms with Crippen LogP contribution in [0.1, 0.15) is 0 Å². The van der Waals surface area contributed by atoms with Crippen molar-refractivity contribution >= 4 is 82.5 Å². The summed E-state index contributed by atoms with van der Waals surface area (Å²) in [5.41, 5.74) is 10.5. The van der Waals surface area contributed by atoms with Gasteiger partial charge in [0.05, 0.1) is 39.3 Å². The molecule has 0 N–H and O–H groups in total. The minimum atomic E-state index is 1.10. The largest absolute Gasteiger partial charge is 0.310 e. The van der Waals surface area contributed by atoms with Crippen molar-refractivity contribution in [3.8, 4) is 0 Å². The number of para-hydroxylation sites is 3. The minimum absolute atomic E-state index is 1.10. The number of pyridine rings is 1. The molecule has 0 saturated heterocycles. The Labute approximate surface area is 246 Å². The van der Waals surface area contributed by atoms with Crippen LogP contribution in [-0.4, -0.2) is 13.8 Å². The Morgan fingerprint density at radius 1 is 0.419 bits per heavy atom. The highest BCUT2D eigenvalue weighted by atomic mass is 15.1. The highest BCUT2D eigenvalue weighted by molar-refractivity contribution is 6.37. The van der Waals surface area contributed by atoms with Crippen LogP contribution in [-0.2, 0) is 0 Å². The third kappa shape index (κ3) is 2.92. The summed E-state index contributed by atoms with van der Waals surface area (Å²) in [7, 11) is 0. The van der Waals surface area contributed by atoms with Gasteiger partial charge in [0.2, 0.25) is 0 Å². The summed E-state index contributed by atoms with van der Waals surface area (Å²) in [6, 6.07) is 48.0. The van der Waals surface area contributed by atoms with E-state index in [0.717, 1.165) is 28.1 Å². The number of fused-ring (bicyclic) bond motifs is 12. The Morgan fingerprint density at radius 3 is 1.65 bits per heavy atom. The third-order valence-corrected chi connectivity index (χ3v) is 9.06. The van der Waals surface area contributed by atoms with E-state index in [9.17, 15) is 0 Å². The lowest BCUT2D eigenvalue weighted by atomic mass is 9.98. The quantitative estimate of drug-likeness (QED) is 0.205. The molecular formula is C39H24N4. The van der Waals surface area contributed by atoms with Gasteiger partial charge in [-0.05, 0) is 59.3 Å². The topological polar surface area (TPSA) is 24.9 Å². The van der Waals surface area contributed by atoms with Crippen LogP contribution in [0.25, 0.3) is 65.4 Å². The fraction of sp³-hybridized carbons (Fsp3) is 0. The molecule has 0 radical (unpaired) electrons. The lowest BCUT2D eigenvalue weighted by Crippen LogP contribution is -2.09. The second kappa shape index (κ2) is 8.34. The van der Waals surface area contributed by atoms with Gasteiger partial charge in [-0.1, -0.05) is 84.9 Å². The van der Waals surface area contributed by atoms with Crippen molar-refractivity contribution in [2.75, 3.05) is 4.90 Å². The molecule has 200 valence electrons. The summed E-state index contributed by atoms with van der Waals surface area (Å²) in [5.74, 6) is 0. The van der Waals surface area contributed by atoms with Crippen molar-refractivity contribution in [3.63, 3.8) is 0 Å². The van der Waals surface area contributed by atoms with Crippen molar-refractivity contribution in [3.05, 3.63) is 146 Å². The molecule has 0 aliphatic carbocycles. The van der Waals surface area contributed by atoms with Gasteiger partial charge in [-0.15, -0.1) is 0 Å². The number of hydrogen-bond acceptors (Lipinski definition) is 2. The molecule has 0 bridgehead atoms. The van der Waals surface area contributed by atoms with E-state index in [2.05, 4.69) is 152 Å². The fourth-order valence-corrected chi connectivity index (χ4v) is 7.41. The first-order chi connectivity index (χ1) is 21.4. The molecule has 0 unspecified atom stereocenters. The molecular weight excluding hydrogens is 524 g/mol. The Bertz CT molecular complexity index is 2590. The number of rotatable bonds is 3. The standard InChI is InChI=1S/C39H24N4/c1-3-11-25(12-4-1)41(26-13-5-2-6-14-26)27-19-20-31-34(23-27)43-33-21-22-40-24-35(33)42-32-18-10-9-17-30(32)36-28-15-7-8-16-29(28)37(31)39(43)38(36)42/h1-24H. The zero-order chi connectivity index (χ0) is 28.1. The van der Waals surface area contributed by atoms with Gasteiger partial charge in [0.25, 0.3) is 0 Å². The van der Waals surface area contributed by atoms with Gasteiger partial charge >= 0.3 is 0 Å². The first-order valence-electron chi connectivity index (χ1n) is 14.7. The molecule has 0 aliphatic rings. The first kappa shape index (κ1) is 22.8. The van der Waals surface area contributed by atoms with E-state index >= 15 is 0 Å². The number of anilines is 3. The van der Waals surface area contributed by atoms with Crippen molar-refractivity contribution in [2.24, 2.45) is 0 Å². The molecule has 0 saturated carbocycles. The number of hydrogen-bond donors (Lipinski definition) is 0. The summed E-state index contributed by atoms with van der Waals surface area (Å²) in [6.07, 6.45) is 3.93. The van der Waals surface area contributed by atoms with E-state index in [4.69, 9.17) is 0 Å². The van der Waals surface area contributed by atoms with E-state index in [1.807, 2.05) is 12.4 Å². The minimum Gasteiger partial charge on any atom is -0.310 e. The molecule has 0 amide bonds. The van der Waals surface area contributed by atoms with Crippen molar-refractivity contribution in [1.82, 2.24) is 13.8 Å². The van der Waals surface area contributed by atoms with Crippen molar-refractivity contribution in [2.45, 2.75) is 0 Å². The van der Waals surface area contributed by atoms with Crippen molar-refractivity contribution < 1.29 is 0 Å². The van der Waals surface area contributed by atoms with Crippen LogP contribution >= 0.6 is 0 Å². The van der Waals surface area contributed by atoms with Crippen LogP contribution in [0.15, 0.2) is 146 Å². The van der Waals surface area contributed by atoms with Gasteiger partial charge in [0, 0.05) is 44.8 Å². The average molecular weight is 549 g/mol. The van der Waals surface area contributed by atoms with E-state index in [0.29, 0.717) is 0 Å². The summed E-state index contributed by atoms with van der Waals surface area (Å²) in [6.45, 7) is 0. The maximum atomic E-state index is 4.62. The van der Waals surface area contributed by atoms with Gasteiger partial charge in [0.15, 0.2) is 0 Å². The third-order valence-electron chi connectivity index (χ3n) is 9.06.